The molecule has 0 aromatic heterocycles. The molecule has 6 rings (SSSR count). The summed E-state index contributed by atoms with van der Waals surface area (Å²) in [5.74, 6) is -1.62. The molecule has 0 aliphatic carbocycles. The molecular formula is C40H32N4O8S8. The van der Waals surface area contributed by atoms with Crippen LogP contribution in [0.1, 0.15) is 20.7 Å². The van der Waals surface area contributed by atoms with Crippen molar-refractivity contribution >= 4 is 111 Å². The molecule has 0 fully saturated rings. The Bertz CT molecular complexity index is 2420. The van der Waals surface area contributed by atoms with Crippen molar-refractivity contribution in [1.82, 2.24) is 0 Å². The Hall–Kier alpha value is -4.54. The first-order valence-electron chi connectivity index (χ1n) is 17.0. The summed E-state index contributed by atoms with van der Waals surface area (Å²) in [5, 5.41) is 22.3. The van der Waals surface area contributed by atoms with Gasteiger partial charge in [0.15, 0.2) is 0 Å². The Morgan fingerprint density at radius 1 is 0.483 bits per heavy atom. The van der Waals surface area contributed by atoms with Crippen LogP contribution >= 0.6 is 66.7 Å². The van der Waals surface area contributed by atoms with Crippen LogP contribution < -0.4 is 11.5 Å². The maximum absolute atomic E-state index is 12.1. The van der Waals surface area contributed by atoms with Gasteiger partial charge in [-0.25, -0.2) is 0 Å². The number of hydrogen-bond acceptors (Lipinski definition) is 14. The van der Waals surface area contributed by atoms with Gasteiger partial charge in [-0.05, 0) is 107 Å². The minimum absolute atomic E-state index is 0.0251. The fourth-order valence-corrected chi connectivity index (χ4v) is 13.0. The molecule has 2 amide bonds. The van der Waals surface area contributed by atoms with Crippen molar-refractivity contribution in [2.45, 2.75) is 49.0 Å². The summed E-state index contributed by atoms with van der Waals surface area (Å²) in [6.45, 7) is 0. The molecule has 6 aromatic rings. The van der Waals surface area contributed by atoms with E-state index in [1.807, 2.05) is 60.7 Å². The second-order valence-corrected chi connectivity index (χ2v) is 21.3. The summed E-state index contributed by atoms with van der Waals surface area (Å²) in [4.78, 5) is 52.0. The number of carbonyl (C=O) groups is 2. The van der Waals surface area contributed by atoms with E-state index >= 15 is 0 Å². The molecule has 0 saturated carbocycles. The fraction of sp³-hybridized carbons (Fsp3) is 0.0500. The van der Waals surface area contributed by atoms with Crippen LogP contribution in [0.4, 0.5) is 11.4 Å². The molecule has 0 bridgehead atoms. The van der Waals surface area contributed by atoms with Crippen molar-refractivity contribution in [2.24, 2.45) is 11.5 Å². The molecule has 20 heteroatoms. The second-order valence-electron chi connectivity index (χ2n) is 11.9. The number of primary amides is 2. The van der Waals surface area contributed by atoms with Crippen molar-refractivity contribution < 1.29 is 27.9 Å². The van der Waals surface area contributed by atoms with Gasteiger partial charge in [0.1, 0.15) is 0 Å². The van der Waals surface area contributed by atoms with Crippen LogP contribution in [0.25, 0.3) is 0 Å². The minimum Gasteiger partial charge on any atom is -0.366 e. The lowest BCUT2D eigenvalue weighted by Gasteiger charge is -2.13. The number of nitrogens with two attached hydrogens (primary N) is 2. The van der Waals surface area contributed by atoms with Gasteiger partial charge in [-0.15, -0.1) is 0 Å². The third-order valence-electron chi connectivity index (χ3n) is 7.76. The Morgan fingerprint density at radius 2 is 0.817 bits per heavy atom. The van der Waals surface area contributed by atoms with E-state index in [0.717, 1.165) is 72.9 Å². The zero-order chi connectivity index (χ0) is 43.3. The number of benzene rings is 6. The number of rotatable bonds is 16. The predicted molar refractivity (Wildman–Crippen MR) is 245 cm³/mol. The first-order chi connectivity index (χ1) is 28.7. The van der Waals surface area contributed by atoms with Gasteiger partial charge >= 0.3 is 0 Å². The Balaban J connectivity index is 0.000000237. The molecule has 0 aliphatic heterocycles. The van der Waals surface area contributed by atoms with Gasteiger partial charge in [-0.1, -0.05) is 81.5 Å². The van der Waals surface area contributed by atoms with E-state index in [4.69, 9.17) is 11.5 Å². The lowest BCUT2D eigenvalue weighted by molar-refractivity contribution is -0.388. The lowest BCUT2D eigenvalue weighted by Crippen LogP contribution is -2.11. The van der Waals surface area contributed by atoms with E-state index < -0.39 is 43.3 Å². The highest BCUT2D eigenvalue weighted by molar-refractivity contribution is 8.77. The number of nitrogens with zero attached hydrogens (tertiary/aromatic N) is 2. The van der Waals surface area contributed by atoms with Crippen molar-refractivity contribution in [1.29, 1.82) is 0 Å². The van der Waals surface area contributed by atoms with Crippen molar-refractivity contribution in [3.8, 4) is 0 Å². The van der Waals surface area contributed by atoms with Crippen molar-refractivity contribution in [3.63, 3.8) is 0 Å². The van der Waals surface area contributed by atoms with Gasteiger partial charge < -0.3 is 11.5 Å². The van der Waals surface area contributed by atoms with Gasteiger partial charge in [0.05, 0.1) is 19.6 Å². The number of amides is 2. The molecular weight excluding hydrogens is 921 g/mol. The van der Waals surface area contributed by atoms with E-state index in [0.29, 0.717) is 0 Å². The Labute approximate surface area is 374 Å². The zero-order valence-electron chi connectivity index (χ0n) is 31.3. The highest BCUT2D eigenvalue weighted by Crippen LogP contribution is 2.48. The van der Waals surface area contributed by atoms with Crippen molar-refractivity contribution in [3.05, 3.63) is 165 Å². The van der Waals surface area contributed by atoms with E-state index in [1.165, 1.54) is 24.3 Å². The van der Waals surface area contributed by atoms with Crippen LogP contribution in [-0.4, -0.2) is 42.6 Å². The number of carbonyl (C=O) groups excluding carboxylic acids is 2. The maximum Gasteiger partial charge on any atom is 0.284 e. The maximum atomic E-state index is 12.1. The van der Waals surface area contributed by atoms with Crippen molar-refractivity contribution in [2.75, 3.05) is 12.5 Å². The molecule has 6 aromatic carbocycles. The highest BCUT2D eigenvalue weighted by Gasteiger charge is 2.22. The van der Waals surface area contributed by atoms with Crippen LogP contribution in [0, 0.1) is 20.2 Å². The summed E-state index contributed by atoms with van der Waals surface area (Å²) < 4.78 is 24.2. The molecule has 2 atom stereocenters. The SMILES string of the molecule is CS(=O)c1ccc(SSc2ccc(S(C)=O)cc2Sc2ccccc2)c(Sc2ccccc2)c1.NC(=O)c1ccc(SSc2ccc(C(N)=O)cc2[N+](=O)[O-])c([N+](=O)[O-])c1. The normalized spacial score (nSPS) is 11.8. The summed E-state index contributed by atoms with van der Waals surface area (Å²) in [6.07, 6.45) is 3.42. The van der Waals surface area contributed by atoms with Gasteiger partial charge in [-0.3, -0.25) is 38.2 Å². The Kier molecular flexibility index (Phi) is 17.3. The molecule has 0 saturated heterocycles. The molecule has 12 nitrogen and oxygen atoms in total. The average Bonchev–Trinajstić information content (AvgIpc) is 3.23. The molecule has 0 spiro atoms. The topological polar surface area (TPSA) is 207 Å². The monoisotopic (exact) mass is 952 g/mol. The van der Waals surface area contributed by atoms with Gasteiger partial charge in [0.25, 0.3) is 11.4 Å². The summed E-state index contributed by atoms with van der Waals surface area (Å²) in [6, 6.07) is 39.9. The van der Waals surface area contributed by atoms with E-state index in [-0.39, 0.29) is 32.3 Å². The Morgan fingerprint density at radius 3 is 1.13 bits per heavy atom. The molecule has 308 valence electrons. The third kappa shape index (κ3) is 13.2. The van der Waals surface area contributed by atoms with E-state index in [1.54, 1.807) is 57.6 Å². The first kappa shape index (κ1) is 46.5. The summed E-state index contributed by atoms with van der Waals surface area (Å²) >= 11 is 3.36. The largest absolute Gasteiger partial charge is 0.366 e. The molecule has 0 radical (unpaired) electrons. The summed E-state index contributed by atoms with van der Waals surface area (Å²) in [5.41, 5.74) is 9.45. The van der Waals surface area contributed by atoms with Gasteiger partial charge in [0, 0.05) is 96.5 Å². The molecule has 2 unspecified atom stereocenters. The smallest absolute Gasteiger partial charge is 0.284 e. The summed E-state index contributed by atoms with van der Waals surface area (Å²) in [7, 11) is 3.09. The highest BCUT2D eigenvalue weighted by atomic mass is 33.1. The molecule has 0 aliphatic rings. The lowest BCUT2D eigenvalue weighted by atomic mass is 10.2. The van der Waals surface area contributed by atoms with E-state index in [9.17, 15) is 38.2 Å². The zero-order valence-corrected chi connectivity index (χ0v) is 37.8. The second kappa shape index (κ2) is 22.3. The average molecular weight is 953 g/mol. The first-order valence-corrected chi connectivity index (χ1v) is 26.0. The van der Waals surface area contributed by atoms with Crippen LogP contribution in [-0.2, 0) is 21.6 Å². The van der Waals surface area contributed by atoms with Gasteiger partial charge in [-0.2, -0.15) is 0 Å². The fourth-order valence-electron chi connectivity index (χ4n) is 4.81. The third-order valence-corrected chi connectivity index (χ3v) is 16.9. The number of nitro benzene ring substituents is 2. The van der Waals surface area contributed by atoms with Crippen LogP contribution in [0.3, 0.4) is 0 Å². The van der Waals surface area contributed by atoms with E-state index in [2.05, 4.69) is 36.4 Å². The number of hydrogen-bond donors (Lipinski definition) is 2. The molecule has 4 N–H and O–H groups in total. The van der Waals surface area contributed by atoms with Crippen LogP contribution in [0.5, 0.6) is 0 Å². The minimum atomic E-state index is -1.04. The van der Waals surface area contributed by atoms with Gasteiger partial charge in [0.2, 0.25) is 11.8 Å². The van der Waals surface area contributed by atoms with Crippen LogP contribution in [0.15, 0.2) is 182 Å². The van der Waals surface area contributed by atoms with Crippen LogP contribution in [0.2, 0.25) is 0 Å². The standard InChI is InChI=1S/C26H22O2S6.C14H10N4O6S2/c1-33(27)21-13-15-23(25(17-21)29-19-9-5-3-6-10-19)31-32-24-16-14-22(34(2)28)18-26(24)30-20-11-7-4-8-12-20;15-13(19)7-1-3-11(9(5-7)17(21)22)25-26-12-4-2-8(14(16)20)6-10(12)18(23)24/h3-18H,1-2H3;1-6H,(H2,15,19)(H2,16,20). The molecule has 0 heterocycles. The molecule has 60 heavy (non-hydrogen) atoms. The number of nitro groups is 2. The quantitative estimate of drug-likeness (QED) is 0.0526. The predicted octanol–water partition coefficient (Wildman–Crippen LogP) is 10.8.